The van der Waals surface area contributed by atoms with E-state index < -0.39 is 0 Å². The minimum absolute atomic E-state index is 0.483. The molecule has 0 aromatic heterocycles. The molecule has 1 aromatic carbocycles. The summed E-state index contributed by atoms with van der Waals surface area (Å²) in [5.74, 6) is 0.840. The number of para-hydroxylation sites is 1. The van der Waals surface area contributed by atoms with Crippen molar-refractivity contribution in [3.05, 3.63) is 29.8 Å². The molecule has 2 atom stereocenters. The van der Waals surface area contributed by atoms with Crippen LogP contribution in [0.1, 0.15) is 45.6 Å². The molecule has 0 spiro atoms. The van der Waals surface area contributed by atoms with E-state index in [0.29, 0.717) is 11.5 Å². The average molecular weight is 272 g/mol. The van der Waals surface area contributed by atoms with E-state index in [1.165, 1.54) is 30.5 Å². The highest BCUT2D eigenvalue weighted by molar-refractivity contribution is 5.55. The summed E-state index contributed by atoms with van der Waals surface area (Å²) in [4.78, 5) is 2.69. The van der Waals surface area contributed by atoms with Crippen molar-refractivity contribution in [2.45, 2.75) is 52.6 Å². The molecule has 2 unspecified atom stereocenters. The summed E-state index contributed by atoms with van der Waals surface area (Å²) >= 11 is 0. The highest BCUT2D eigenvalue weighted by atomic mass is 15.2. The molecule has 1 saturated carbocycles. The van der Waals surface area contributed by atoms with E-state index in [1.54, 1.807) is 0 Å². The van der Waals surface area contributed by atoms with Crippen LogP contribution >= 0.6 is 0 Å². The molecule has 2 aliphatic rings. The van der Waals surface area contributed by atoms with Crippen LogP contribution in [-0.2, 0) is 6.54 Å². The number of anilines is 1. The predicted octanol–water partition coefficient (Wildman–Crippen LogP) is 3.81. The van der Waals surface area contributed by atoms with Gasteiger partial charge in [0.15, 0.2) is 0 Å². The van der Waals surface area contributed by atoms with Crippen LogP contribution in [0.2, 0.25) is 0 Å². The number of nitrogens with one attached hydrogen (secondary N) is 1. The lowest BCUT2D eigenvalue weighted by Gasteiger charge is -2.45. The van der Waals surface area contributed by atoms with Crippen LogP contribution < -0.4 is 10.2 Å². The van der Waals surface area contributed by atoms with E-state index >= 15 is 0 Å². The maximum Gasteiger partial charge on any atom is 0.0414 e. The molecule has 0 bridgehead atoms. The van der Waals surface area contributed by atoms with E-state index in [2.05, 4.69) is 55.3 Å². The first kappa shape index (κ1) is 13.9. The molecule has 2 heteroatoms. The number of hydrogen-bond donors (Lipinski definition) is 1. The molecule has 0 saturated heterocycles. The third kappa shape index (κ3) is 2.85. The second-order valence-electron chi connectivity index (χ2n) is 7.57. The normalized spacial score (nSPS) is 29.6. The lowest BCUT2D eigenvalue weighted by molar-refractivity contribution is 0.165. The van der Waals surface area contributed by atoms with Gasteiger partial charge in [-0.3, -0.25) is 0 Å². The van der Waals surface area contributed by atoms with Gasteiger partial charge in [-0.05, 0) is 42.2 Å². The Bertz CT molecular complexity index is 466. The van der Waals surface area contributed by atoms with Crippen molar-refractivity contribution in [2.75, 3.05) is 18.0 Å². The molecule has 0 radical (unpaired) electrons. The van der Waals surface area contributed by atoms with Gasteiger partial charge in [-0.2, -0.15) is 0 Å². The second-order valence-corrected chi connectivity index (χ2v) is 7.57. The second kappa shape index (κ2) is 5.40. The van der Waals surface area contributed by atoms with Crippen molar-refractivity contribution >= 4 is 5.69 Å². The zero-order valence-corrected chi connectivity index (χ0v) is 13.2. The SMILES string of the molecule is CC1CC(N2CCNCc3ccccc32)CC(C)(C)C1. The maximum absolute atomic E-state index is 3.56. The Balaban J connectivity index is 1.89. The molecule has 1 heterocycles. The van der Waals surface area contributed by atoms with Crippen molar-refractivity contribution < 1.29 is 0 Å². The van der Waals surface area contributed by atoms with Crippen LogP contribution in [0.25, 0.3) is 0 Å². The molecule has 110 valence electrons. The van der Waals surface area contributed by atoms with Gasteiger partial charge in [0, 0.05) is 31.4 Å². The maximum atomic E-state index is 3.56. The van der Waals surface area contributed by atoms with Gasteiger partial charge in [-0.25, -0.2) is 0 Å². The summed E-state index contributed by atoms with van der Waals surface area (Å²) in [6, 6.07) is 9.65. The minimum Gasteiger partial charge on any atom is -0.367 e. The van der Waals surface area contributed by atoms with Crippen LogP contribution in [0.3, 0.4) is 0 Å². The Labute approximate surface area is 123 Å². The van der Waals surface area contributed by atoms with Crippen LogP contribution in [0.4, 0.5) is 5.69 Å². The number of nitrogens with zero attached hydrogens (tertiary/aromatic N) is 1. The molecule has 20 heavy (non-hydrogen) atoms. The molecule has 3 rings (SSSR count). The van der Waals surface area contributed by atoms with Crippen molar-refractivity contribution in [1.29, 1.82) is 0 Å². The molecule has 0 amide bonds. The standard InChI is InChI=1S/C18H28N2/c1-14-10-16(12-18(2,3)11-14)20-9-8-19-13-15-6-4-5-7-17(15)20/h4-7,14,16,19H,8-13H2,1-3H3. The number of rotatable bonds is 1. The van der Waals surface area contributed by atoms with E-state index in [9.17, 15) is 0 Å². The summed E-state index contributed by atoms with van der Waals surface area (Å²) in [7, 11) is 0. The van der Waals surface area contributed by atoms with Gasteiger partial charge in [0.05, 0.1) is 0 Å². The number of hydrogen-bond acceptors (Lipinski definition) is 2. The van der Waals surface area contributed by atoms with Crippen molar-refractivity contribution in [3.63, 3.8) is 0 Å². The van der Waals surface area contributed by atoms with Gasteiger partial charge >= 0.3 is 0 Å². The van der Waals surface area contributed by atoms with Crippen molar-refractivity contribution in [2.24, 2.45) is 11.3 Å². The summed E-state index contributed by atoms with van der Waals surface area (Å²) < 4.78 is 0. The Morgan fingerprint density at radius 1 is 1.20 bits per heavy atom. The fourth-order valence-corrected chi connectivity index (χ4v) is 4.40. The van der Waals surface area contributed by atoms with Gasteiger partial charge in [0.25, 0.3) is 0 Å². The van der Waals surface area contributed by atoms with E-state index in [4.69, 9.17) is 0 Å². The quantitative estimate of drug-likeness (QED) is 0.836. The Kier molecular flexibility index (Phi) is 3.76. The fourth-order valence-electron chi connectivity index (χ4n) is 4.40. The van der Waals surface area contributed by atoms with Crippen molar-refractivity contribution in [3.8, 4) is 0 Å². The van der Waals surface area contributed by atoms with Gasteiger partial charge in [-0.1, -0.05) is 39.0 Å². The Morgan fingerprint density at radius 3 is 2.80 bits per heavy atom. The van der Waals surface area contributed by atoms with Crippen LogP contribution in [0.5, 0.6) is 0 Å². The summed E-state index contributed by atoms with van der Waals surface area (Å²) in [6.07, 6.45) is 4.04. The Morgan fingerprint density at radius 2 is 2.00 bits per heavy atom. The fraction of sp³-hybridized carbons (Fsp3) is 0.667. The summed E-state index contributed by atoms with van der Waals surface area (Å²) in [6.45, 7) is 10.6. The molecular weight excluding hydrogens is 244 g/mol. The zero-order chi connectivity index (χ0) is 14.2. The monoisotopic (exact) mass is 272 g/mol. The minimum atomic E-state index is 0.483. The lowest BCUT2D eigenvalue weighted by Crippen LogP contribution is -2.45. The summed E-state index contributed by atoms with van der Waals surface area (Å²) in [5, 5.41) is 3.56. The molecular formula is C18H28N2. The third-order valence-corrected chi connectivity index (χ3v) is 4.95. The largest absolute Gasteiger partial charge is 0.367 e. The molecule has 1 aromatic rings. The smallest absolute Gasteiger partial charge is 0.0414 e. The molecule has 1 N–H and O–H groups in total. The van der Waals surface area contributed by atoms with Gasteiger partial charge in [-0.15, -0.1) is 0 Å². The number of benzene rings is 1. The van der Waals surface area contributed by atoms with E-state index in [1.807, 2.05) is 0 Å². The molecule has 1 fully saturated rings. The predicted molar refractivity (Wildman–Crippen MR) is 86.1 cm³/mol. The third-order valence-electron chi connectivity index (χ3n) is 4.95. The average Bonchev–Trinajstić information content (AvgIpc) is 2.58. The van der Waals surface area contributed by atoms with E-state index in [-0.39, 0.29) is 0 Å². The van der Waals surface area contributed by atoms with E-state index in [0.717, 1.165) is 25.6 Å². The highest BCUT2D eigenvalue weighted by Gasteiger charge is 2.35. The first-order valence-electron chi connectivity index (χ1n) is 8.10. The Hall–Kier alpha value is -1.02. The molecule has 1 aliphatic carbocycles. The lowest BCUT2D eigenvalue weighted by atomic mass is 9.70. The van der Waals surface area contributed by atoms with Crippen LogP contribution in [0, 0.1) is 11.3 Å². The highest BCUT2D eigenvalue weighted by Crippen LogP contribution is 2.42. The van der Waals surface area contributed by atoms with Gasteiger partial charge in [0.2, 0.25) is 0 Å². The van der Waals surface area contributed by atoms with Crippen LogP contribution in [-0.4, -0.2) is 19.1 Å². The van der Waals surface area contributed by atoms with Gasteiger partial charge < -0.3 is 10.2 Å². The number of fused-ring (bicyclic) bond motifs is 1. The first-order chi connectivity index (χ1) is 9.55. The molecule has 2 nitrogen and oxygen atoms in total. The zero-order valence-electron chi connectivity index (χ0n) is 13.2. The first-order valence-corrected chi connectivity index (χ1v) is 8.10. The molecule has 1 aliphatic heterocycles. The van der Waals surface area contributed by atoms with Gasteiger partial charge in [0.1, 0.15) is 0 Å². The summed E-state index contributed by atoms with van der Waals surface area (Å²) in [5.41, 5.74) is 3.41. The van der Waals surface area contributed by atoms with Crippen molar-refractivity contribution in [1.82, 2.24) is 5.32 Å². The topological polar surface area (TPSA) is 15.3 Å². The van der Waals surface area contributed by atoms with Crippen LogP contribution in [0.15, 0.2) is 24.3 Å².